The van der Waals surface area contributed by atoms with Gasteiger partial charge >= 0.3 is 6.01 Å². The van der Waals surface area contributed by atoms with Crippen LogP contribution in [0.5, 0.6) is 6.01 Å². The van der Waals surface area contributed by atoms with Crippen LogP contribution in [0.4, 0.5) is 5.95 Å². The number of halogens is 1. The van der Waals surface area contributed by atoms with Crippen molar-refractivity contribution in [1.82, 2.24) is 15.0 Å². The molecule has 1 heterocycles. The highest BCUT2D eigenvalue weighted by molar-refractivity contribution is 6.28. The maximum atomic E-state index is 5.79. The van der Waals surface area contributed by atoms with Crippen LogP contribution in [0.1, 0.15) is 34.1 Å². The summed E-state index contributed by atoms with van der Waals surface area (Å²) in [5, 5.41) is 3.33. The van der Waals surface area contributed by atoms with Crippen molar-refractivity contribution in [3.05, 3.63) is 5.28 Å². The molecule has 0 amide bonds. The second kappa shape index (κ2) is 6.59. The Morgan fingerprint density at radius 1 is 1.24 bits per heavy atom. The van der Waals surface area contributed by atoms with Gasteiger partial charge in [0.15, 0.2) is 0 Å². The zero-order valence-electron chi connectivity index (χ0n) is 10.7. The second-order valence-electron chi connectivity index (χ2n) is 4.32. The van der Waals surface area contributed by atoms with E-state index in [-0.39, 0.29) is 17.3 Å². The number of anilines is 1. The highest BCUT2D eigenvalue weighted by Crippen LogP contribution is 2.14. The van der Waals surface area contributed by atoms with Gasteiger partial charge in [0.1, 0.15) is 0 Å². The first kappa shape index (κ1) is 14.0. The maximum absolute atomic E-state index is 5.79. The van der Waals surface area contributed by atoms with Gasteiger partial charge in [-0.2, -0.15) is 15.0 Å². The Morgan fingerprint density at radius 3 is 2.53 bits per heavy atom. The zero-order chi connectivity index (χ0) is 12.8. The molecule has 0 radical (unpaired) electrons. The lowest BCUT2D eigenvalue weighted by molar-refractivity contribution is 0.312. The van der Waals surface area contributed by atoms with E-state index >= 15 is 0 Å². The molecule has 0 aliphatic rings. The molecule has 0 spiro atoms. The van der Waals surface area contributed by atoms with E-state index in [1.807, 2.05) is 6.92 Å². The molecule has 0 aliphatic heterocycles. The summed E-state index contributed by atoms with van der Waals surface area (Å²) < 4.78 is 5.20. The molecule has 1 atom stereocenters. The quantitative estimate of drug-likeness (QED) is 0.850. The van der Waals surface area contributed by atoms with Gasteiger partial charge in [-0.15, -0.1) is 0 Å². The number of rotatable bonds is 6. The molecular weight excluding hydrogens is 240 g/mol. The standard InChI is InChI=1S/C11H19ClN4O/c1-5-17-11-15-9(12)14-10(16-11)13-8(4)6-7(2)3/h7-8H,5-6H2,1-4H3,(H,13,14,15,16). The maximum Gasteiger partial charge on any atom is 0.322 e. The van der Waals surface area contributed by atoms with Crippen LogP contribution in [0.3, 0.4) is 0 Å². The molecule has 17 heavy (non-hydrogen) atoms. The zero-order valence-corrected chi connectivity index (χ0v) is 11.5. The van der Waals surface area contributed by atoms with Gasteiger partial charge in [0.05, 0.1) is 6.61 Å². The molecule has 96 valence electrons. The van der Waals surface area contributed by atoms with Crippen LogP contribution in [0.15, 0.2) is 0 Å². The first-order valence-electron chi connectivity index (χ1n) is 5.82. The molecule has 1 aromatic rings. The molecule has 1 N–H and O–H groups in total. The van der Waals surface area contributed by atoms with Crippen molar-refractivity contribution in [2.75, 3.05) is 11.9 Å². The number of hydrogen-bond donors (Lipinski definition) is 1. The molecule has 0 saturated heterocycles. The Balaban J connectivity index is 2.69. The molecule has 5 nitrogen and oxygen atoms in total. The minimum atomic E-state index is 0.141. The van der Waals surface area contributed by atoms with Crippen molar-refractivity contribution in [2.24, 2.45) is 5.92 Å². The predicted octanol–water partition coefficient (Wildman–Crippen LogP) is 2.77. The number of nitrogens with zero attached hydrogens (tertiary/aromatic N) is 3. The highest BCUT2D eigenvalue weighted by atomic mass is 35.5. The summed E-state index contributed by atoms with van der Waals surface area (Å²) >= 11 is 5.79. The topological polar surface area (TPSA) is 59.9 Å². The molecule has 0 aliphatic carbocycles. The minimum Gasteiger partial charge on any atom is -0.464 e. The summed E-state index contributed by atoms with van der Waals surface area (Å²) in [7, 11) is 0. The monoisotopic (exact) mass is 258 g/mol. The number of hydrogen-bond acceptors (Lipinski definition) is 5. The van der Waals surface area contributed by atoms with Gasteiger partial charge in [0.25, 0.3) is 0 Å². The van der Waals surface area contributed by atoms with E-state index in [0.717, 1.165) is 6.42 Å². The predicted molar refractivity (Wildman–Crippen MR) is 68.5 cm³/mol. The highest BCUT2D eigenvalue weighted by Gasteiger charge is 2.09. The van der Waals surface area contributed by atoms with Crippen LogP contribution in [0.25, 0.3) is 0 Å². The Hall–Kier alpha value is -1.10. The molecule has 0 fully saturated rings. The molecule has 0 aromatic carbocycles. The van der Waals surface area contributed by atoms with Crippen molar-refractivity contribution >= 4 is 17.5 Å². The lowest BCUT2D eigenvalue weighted by Gasteiger charge is -2.15. The molecule has 0 bridgehead atoms. The first-order chi connectivity index (χ1) is 8.01. The van der Waals surface area contributed by atoms with Crippen LogP contribution in [0.2, 0.25) is 5.28 Å². The fourth-order valence-electron chi connectivity index (χ4n) is 1.58. The van der Waals surface area contributed by atoms with Gasteiger partial charge in [0, 0.05) is 6.04 Å². The normalized spacial score (nSPS) is 12.6. The third-order valence-corrected chi connectivity index (χ3v) is 2.23. The molecule has 6 heteroatoms. The van der Waals surface area contributed by atoms with Crippen LogP contribution >= 0.6 is 11.6 Å². The lowest BCUT2D eigenvalue weighted by atomic mass is 10.1. The van der Waals surface area contributed by atoms with E-state index < -0.39 is 0 Å². The summed E-state index contributed by atoms with van der Waals surface area (Å²) in [6.45, 7) is 8.79. The average molecular weight is 259 g/mol. The van der Waals surface area contributed by atoms with Crippen LogP contribution < -0.4 is 10.1 Å². The summed E-state index contributed by atoms with van der Waals surface area (Å²) in [6, 6.07) is 0.537. The molecule has 0 saturated carbocycles. The number of nitrogens with one attached hydrogen (secondary N) is 1. The Kier molecular flexibility index (Phi) is 5.41. The van der Waals surface area contributed by atoms with Gasteiger partial charge < -0.3 is 10.1 Å². The SMILES string of the molecule is CCOc1nc(Cl)nc(NC(C)CC(C)C)n1. The lowest BCUT2D eigenvalue weighted by Crippen LogP contribution is -2.19. The molecule has 1 aromatic heterocycles. The Bertz CT molecular complexity index is 359. The van der Waals surface area contributed by atoms with E-state index in [1.165, 1.54) is 0 Å². The third kappa shape index (κ3) is 5.17. The van der Waals surface area contributed by atoms with E-state index in [1.54, 1.807) is 0 Å². The largest absolute Gasteiger partial charge is 0.464 e. The fourth-order valence-corrected chi connectivity index (χ4v) is 1.73. The van der Waals surface area contributed by atoms with Gasteiger partial charge in [0.2, 0.25) is 11.2 Å². The number of aromatic nitrogens is 3. The van der Waals surface area contributed by atoms with Crippen LogP contribution in [-0.2, 0) is 0 Å². The van der Waals surface area contributed by atoms with E-state index in [4.69, 9.17) is 16.3 Å². The van der Waals surface area contributed by atoms with Crippen molar-refractivity contribution in [2.45, 2.75) is 40.2 Å². The summed E-state index contributed by atoms with van der Waals surface area (Å²) in [4.78, 5) is 12.0. The second-order valence-corrected chi connectivity index (χ2v) is 4.66. The van der Waals surface area contributed by atoms with E-state index in [2.05, 4.69) is 41.0 Å². The van der Waals surface area contributed by atoms with Gasteiger partial charge in [-0.05, 0) is 37.8 Å². The summed E-state index contributed by atoms with van der Waals surface area (Å²) in [5.74, 6) is 1.07. The minimum absolute atomic E-state index is 0.141. The van der Waals surface area contributed by atoms with Crippen molar-refractivity contribution < 1.29 is 4.74 Å². The first-order valence-corrected chi connectivity index (χ1v) is 6.20. The summed E-state index contributed by atoms with van der Waals surface area (Å²) in [6.07, 6.45) is 1.03. The molecule has 1 unspecified atom stereocenters. The van der Waals surface area contributed by atoms with Gasteiger partial charge in [-0.25, -0.2) is 0 Å². The van der Waals surface area contributed by atoms with Gasteiger partial charge in [-0.1, -0.05) is 13.8 Å². The third-order valence-electron chi connectivity index (χ3n) is 2.06. The summed E-state index contributed by atoms with van der Waals surface area (Å²) in [5.41, 5.74) is 0. The van der Waals surface area contributed by atoms with Crippen molar-refractivity contribution in [1.29, 1.82) is 0 Å². The molecular formula is C11H19ClN4O. The van der Waals surface area contributed by atoms with Crippen LogP contribution in [0, 0.1) is 5.92 Å². The molecule has 1 rings (SSSR count). The van der Waals surface area contributed by atoms with E-state index in [0.29, 0.717) is 18.5 Å². The van der Waals surface area contributed by atoms with Gasteiger partial charge in [-0.3, -0.25) is 0 Å². The number of ether oxygens (including phenoxy) is 1. The Labute approximate surface area is 107 Å². The smallest absolute Gasteiger partial charge is 0.322 e. The van der Waals surface area contributed by atoms with Crippen LogP contribution in [-0.4, -0.2) is 27.6 Å². The van der Waals surface area contributed by atoms with Crippen molar-refractivity contribution in [3.63, 3.8) is 0 Å². The Morgan fingerprint density at radius 2 is 1.94 bits per heavy atom. The average Bonchev–Trinajstić information content (AvgIpc) is 2.14. The fraction of sp³-hybridized carbons (Fsp3) is 0.727. The van der Waals surface area contributed by atoms with Crippen molar-refractivity contribution in [3.8, 4) is 6.01 Å². The van der Waals surface area contributed by atoms with E-state index in [9.17, 15) is 0 Å².